The molecule has 0 aliphatic rings. The Balaban J connectivity index is 1.69. The fourth-order valence-corrected chi connectivity index (χ4v) is 2.74. The first-order chi connectivity index (χ1) is 13.5. The van der Waals surface area contributed by atoms with Gasteiger partial charge in [-0.15, -0.1) is 0 Å². The summed E-state index contributed by atoms with van der Waals surface area (Å²) in [5.41, 5.74) is 0.661. The van der Waals surface area contributed by atoms with E-state index in [9.17, 15) is 8.78 Å². The molecule has 0 bridgehead atoms. The van der Waals surface area contributed by atoms with Gasteiger partial charge < -0.3 is 15.2 Å². The summed E-state index contributed by atoms with van der Waals surface area (Å²) in [4.78, 5) is 21.0. The molecule has 1 atom stereocenters. The largest absolute Gasteiger partial charge is 0.346 e. The molecule has 4 rings (SSSR count). The first-order valence-electron chi connectivity index (χ1n) is 8.44. The first-order valence-corrected chi connectivity index (χ1v) is 8.44. The molecule has 4 aromatic heterocycles. The van der Waals surface area contributed by atoms with Crippen LogP contribution in [0.5, 0.6) is 0 Å². The molecule has 0 saturated heterocycles. The summed E-state index contributed by atoms with van der Waals surface area (Å²) < 4.78 is 28.9. The van der Waals surface area contributed by atoms with E-state index in [1.54, 1.807) is 36.3 Å². The van der Waals surface area contributed by atoms with Crippen molar-refractivity contribution in [3.8, 4) is 0 Å². The highest BCUT2D eigenvalue weighted by Gasteiger charge is 2.16. The van der Waals surface area contributed by atoms with Crippen molar-refractivity contribution in [2.75, 3.05) is 10.6 Å². The van der Waals surface area contributed by atoms with Crippen molar-refractivity contribution in [2.24, 2.45) is 7.05 Å². The lowest BCUT2D eigenvalue weighted by atomic mass is 10.2. The number of hydrogen-bond acceptors (Lipinski definition) is 7. The van der Waals surface area contributed by atoms with Crippen LogP contribution in [0.2, 0.25) is 0 Å². The molecular formula is C18H16F2N8. The predicted molar refractivity (Wildman–Crippen MR) is 100 cm³/mol. The Kier molecular flexibility index (Phi) is 4.52. The molecule has 4 heterocycles. The van der Waals surface area contributed by atoms with Gasteiger partial charge in [0.15, 0.2) is 0 Å². The van der Waals surface area contributed by atoms with E-state index in [-0.39, 0.29) is 11.6 Å². The third-order valence-electron chi connectivity index (χ3n) is 4.04. The number of aryl methyl sites for hydroxylation is 1. The quantitative estimate of drug-likeness (QED) is 0.547. The minimum atomic E-state index is -0.741. The van der Waals surface area contributed by atoms with Gasteiger partial charge in [-0.25, -0.2) is 18.7 Å². The van der Waals surface area contributed by atoms with E-state index in [1.165, 1.54) is 0 Å². The van der Waals surface area contributed by atoms with Crippen LogP contribution in [0, 0.1) is 11.6 Å². The van der Waals surface area contributed by atoms with Crippen LogP contribution < -0.4 is 10.6 Å². The number of pyridine rings is 2. The lowest BCUT2D eigenvalue weighted by Gasteiger charge is -2.15. The molecular weight excluding hydrogens is 366 g/mol. The van der Waals surface area contributed by atoms with E-state index in [2.05, 4.69) is 35.6 Å². The summed E-state index contributed by atoms with van der Waals surface area (Å²) in [6.45, 7) is 1.69. The Morgan fingerprint density at radius 2 is 2.00 bits per heavy atom. The average molecular weight is 382 g/mol. The number of aromatic nitrogens is 6. The third-order valence-corrected chi connectivity index (χ3v) is 4.04. The Morgan fingerprint density at radius 1 is 1.14 bits per heavy atom. The lowest BCUT2D eigenvalue weighted by Crippen LogP contribution is -2.14. The van der Waals surface area contributed by atoms with E-state index in [0.29, 0.717) is 17.2 Å². The zero-order chi connectivity index (χ0) is 19.7. The predicted octanol–water partition coefficient (Wildman–Crippen LogP) is 3.35. The van der Waals surface area contributed by atoms with Crippen LogP contribution in [0.25, 0.3) is 10.9 Å². The number of anilines is 3. The van der Waals surface area contributed by atoms with E-state index < -0.39 is 17.7 Å². The van der Waals surface area contributed by atoms with Crippen LogP contribution in [0.4, 0.5) is 26.4 Å². The maximum atomic E-state index is 14.0. The number of imidazole rings is 1. The number of hydrogen-bond donors (Lipinski definition) is 2. The van der Waals surface area contributed by atoms with Gasteiger partial charge >= 0.3 is 0 Å². The van der Waals surface area contributed by atoms with Crippen LogP contribution in [-0.2, 0) is 7.05 Å². The molecule has 0 radical (unpaired) electrons. The Morgan fingerprint density at radius 3 is 2.75 bits per heavy atom. The molecule has 0 unspecified atom stereocenters. The maximum Gasteiger partial charge on any atom is 0.225 e. The molecule has 0 saturated carbocycles. The maximum absolute atomic E-state index is 14.0. The molecule has 2 N–H and O–H groups in total. The van der Waals surface area contributed by atoms with Gasteiger partial charge in [0.2, 0.25) is 5.95 Å². The minimum Gasteiger partial charge on any atom is -0.346 e. The second-order valence-corrected chi connectivity index (χ2v) is 6.22. The topological polar surface area (TPSA) is 93.4 Å². The zero-order valence-electron chi connectivity index (χ0n) is 15.1. The summed E-state index contributed by atoms with van der Waals surface area (Å²) in [6.07, 6.45) is 7.69. The van der Waals surface area contributed by atoms with Gasteiger partial charge in [0, 0.05) is 30.9 Å². The summed E-state index contributed by atoms with van der Waals surface area (Å²) in [5.74, 6) is -0.0903. The average Bonchev–Trinajstić information content (AvgIpc) is 3.06. The van der Waals surface area contributed by atoms with Crippen LogP contribution in [0.3, 0.4) is 0 Å². The first kappa shape index (κ1) is 17.7. The SMILES string of the molecule is C[C@H](Nc1nc(Nc2cn(C)cn2)c2ccncc2n1)c1ncc(F)cc1F. The molecule has 0 spiro atoms. The summed E-state index contributed by atoms with van der Waals surface area (Å²) in [6, 6.07) is 1.99. The lowest BCUT2D eigenvalue weighted by molar-refractivity contribution is 0.550. The van der Waals surface area contributed by atoms with Gasteiger partial charge in [0.05, 0.1) is 36.0 Å². The van der Waals surface area contributed by atoms with Crippen molar-refractivity contribution in [1.29, 1.82) is 0 Å². The molecule has 8 nitrogen and oxygen atoms in total. The third kappa shape index (κ3) is 3.56. The molecule has 0 aliphatic carbocycles. The smallest absolute Gasteiger partial charge is 0.225 e. The van der Waals surface area contributed by atoms with Gasteiger partial charge in [-0.3, -0.25) is 9.97 Å². The molecule has 28 heavy (non-hydrogen) atoms. The summed E-state index contributed by atoms with van der Waals surface area (Å²) >= 11 is 0. The number of nitrogens with zero attached hydrogens (tertiary/aromatic N) is 6. The molecule has 142 valence electrons. The van der Waals surface area contributed by atoms with Crippen LogP contribution in [-0.4, -0.2) is 29.5 Å². The van der Waals surface area contributed by atoms with Crippen molar-refractivity contribution in [1.82, 2.24) is 29.5 Å². The highest BCUT2D eigenvalue weighted by molar-refractivity contribution is 5.90. The molecule has 0 fully saturated rings. The Hall–Kier alpha value is -3.69. The van der Waals surface area contributed by atoms with Crippen molar-refractivity contribution in [3.05, 3.63) is 60.6 Å². The van der Waals surface area contributed by atoms with Crippen LogP contribution in [0.1, 0.15) is 18.7 Å². The van der Waals surface area contributed by atoms with Gasteiger partial charge in [-0.2, -0.15) is 4.98 Å². The molecule has 10 heteroatoms. The molecule has 0 amide bonds. The molecule has 4 aromatic rings. The van der Waals surface area contributed by atoms with Crippen LogP contribution in [0.15, 0.2) is 43.2 Å². The van der Waals surface area contributed by atoms with Gasteiger partial charge in [-0.05, 0) is 13.0 Å². The van der Waals surface area contributed by atoms with E-state index in [1.807, 2.05) is 13.2 Å². The zero-order valence-corrected chi connectivity index (χ0v) is 15.1. The fraction of sp³-hybridized carbons (Fsp3) is 0.167. The fourth-order valence-electron chi connectivity index (χ4n) is 2.74. The van der Waals surface area contributed by atoms with Crippen molar-refractivity contribution >= 4 is 28.5 Å². The number of fused-ring (bicyclic) bond motifs is 1. The monoisotopic (exact) mass is 382 g/mol. The second kappa shape index (κ2) is 7.14. The van der Waals surface area contributed by atoms with E-state index >= 15 is 0 Å². The van der Waals surface area contributed by atoms with E-state index in [0.717, 1.165) is 17.6 Å². The Labute approximate surface area is 158 Å². The van der Waals surface area contributed by atoms with Gasteiger partial charge in [-0.1, -0.05) is 0 Å². The second-order valence-electron chi connectivity index (χ2n) is 6.22. The minimum absolute atomic E-state index is 0.0653. The van der Waals surface area contributed by atoms with E-state index in [4.69, 9.17) is 0 Å². The Bertz CT molecular complexity index is 1140. The van der Waals surface area contributed by atoms with Gasteiger partial charge in [0.1, 0.15) is 23.3 Å². The summed E-state index contributed by atoms with van der Waals surface area (Å²) in [7, 11) is 1.86. The number of nitrogens with one attached hydrogen (secondary N) is 2. The number of rotatable bonds is 5. The van der Waals surface area contributed by atoms with Crippen molar-refractivity contribution in [3.63, 3.8) is 0 Å². The van der Waals surface area contributed by atoms with Crippen LogP contribution >= 0.6 is 0 Å². The molecule has 0 aliphatic heterocycles. The number of halogens is 2. The highest BCUT2D eigenvalue weighted by atomic mass is 19.1. The highest BCUT2D eigenvalue weighted by Crippen LogP contribution is 2.26. The standard InChI is InChI=1S/C18H16F2N8/c1-10(16-13(20)5-11(19)6-22-16)24-18-25-14-7-21-4-3-12(14)17(27-18)26-15-8-28(2)9-23-15/h3-10H,1-2H3,(H2,24,25,26,27)/t10-/m0/s1. The summed E-state index contributed by atoms with van der Waals surface area (Å²) in [5, 5.41) is 6.91. The van der Waals surface area contributed by atoms with Crippen molar-refractivity contribution < 1.29 is 8.78 Å². The molecule has 0 aromatic carbocycles. The van der Waals surface area contributed by atoms with Gasteiger partial charge in [0.25, 0.3) is 0 Å². The van der Waals surface area contributed by atoms with Crippen molar-refractivity contribution in [2.45, 2.75) is 13.0 Å². The normalized spacial score (nSPS) is 12.1.